The third-order valence-electron chi connectivity index (χ3n) is 16.6. The van der Waals surface area contributed by atoms with Crippen LogP contribution in [0.1, 0.15) is 126 Å². The van der Waals surface area contributed by atoms with Gasteiger partial charge < -0.3 is 58.2 Å². The molecule has 21 nitrogen and oxygen atoms in total. The Morgan fingerprint density at radius 3 is 2.20 bits per heavy atom. The monoisotopic (exact) mass is 1190 g/mol. The first-order valence-electron chi connectivity index (χ1n) is 28.5. The summed E-state index contributed by atoms with van der Waals surface area (Å²) in [5.74, 6) is -10.2. The van der Waals surface area contributed by atoms with Crippen LogP contribution in [-0.4, -0.2) is 153 Å². The van der Waals surface area contributed by atoms with Crippen molar-refractivity contribution in [3.8, 4) is 0 Å². The lowest BCUT2D eigenvalue weighted by atomic mass is 9.78. The first-order chi connectivity index (χ1) is 38.5. The van der Waals surface area contributed by atoms with Crippen LogP contribution < -0.4 is 10.6 Å². The van der Waals surface area contributed by atoms with Gasteiger partial charge >= 0.3 is 19.7 Å². The number of hydrogen-bond donors (Lipinski definition) is 6. The van der Waals surface area contributed by atoms with E-state index in [1.807, 2.05) is 51.2 Å². The Morgan fingerprint density at radius 2 is 1.55 bits per heavy atom. The van der Waals surface area contributed by atoms with E-state index in [1.165, 1.54) is 38.5 Å². The van der Waals surface area contributed by atoms with E-state index in [1.54, 1.807) is 40.9 Å². The zero-order valence-corrected chi connectivity index (χ0v) is 50.8. The Hall–Kier alpha value is -4.50. The van der Waals surface area contributed by atoms with Gasteiger partial charge in [0.1, 0.15) is 30.3 Å². The Balaban J connectivity index is 1.40. The lowest BCUT2D eigenvalue weighted by Crippen LogP contribution is -2.61. The average Bonchev–Trinajstić information content (AvgIpc) is 3.37. The number of aliphatic hydroxyl groups excluding tert-OH is 1. The fourth-order valence-electron chi connectivity index (χ4n) is 11.6. The predicted octanol–water partition coefficient (Wildman–Crippen LogP) is 7.47. The highest BCUT2D eigenvalue weighted by molar-refractivity contribution is 7.77. The molecule has 3 fully saturated rings. The molecule has 6 N–H and O–H groups in total. The number of nitrogens with zero attached hydrogens (tertiary/aromatic N) is 1. The van der Waals surface area contributed by atoms with Crippen molar-refractivity contribution in [2.45, 2.75) is 180 Å². The van der Waals surface area contributed by atoms with Gasteiger partial charge in [0.25, 0.3) is 11.7 Å². The normalized spacial score (nSPS) is 33.3. The first kappa shape index (κ1) is 68.3. The van der Waals surface area contributed by atoms with E-state index < -0.39 is 129 Å². The summed E-state index contributed by atoms with van der Waals surface area (Å²) in [6.45, 7) is 12.4. The number of rotatable bonds is 11. The minimum Gasteiger partial charge on any atom is -0.460 e. The number of carbonyl (C=O) groups is 6. The van der Waals surface area contributed by atoms with Gasteiger partial charge in [-0.25, -0.2) is 9.59 Å². The molecule has 1 aromatic rings. The number of hydrogen-bond acceptors (Lipinski definition) is 16. The SMILES string of the molecule is CO[C@H]1C[C@@H]2CC[C@@H](C)[C@@](O)(O2)C(=O)C(=O)N2CCCC[C@H]2C(=O)O[C@H]([C@H](C)C[C@@H]2CC[C@@H](OC(=O)Nc3ccc(P(=O)(O)CP(=O)(O)O)cc3)[C@H](OC)C2)CC(=O)C(C)=CC(C)[C@@H](O)[C@@H](OC)C(=O)[C@H](C)C[C@H](C)C=CC=CC=C1C. The molecule has 2 saturated heterocycles. The maximum atomic E-state index is 14.6. The van der Waals surface area contributed by atoms with Crippen molar-refractivity contribution in [3.63, 3.8) is 0 Å². The van der Waals surface area contributed by atoms with Gasteiger partial charge in [0.2, 0.25) is 13.2 Å². The molecule has 1 aliphatic carbocycles. The number of methoxy groups -OCH3 is 3. The van der Waals surface area contributed by atoms with Gasteiger partial charge in [0.05, 0.1) is 24.4 Å². The van der Waals surface area contributed by atoms with Crippen LogP contribution in [0.4, 0.5) is 10.5 Å². The molecule has 2 bridgehead atoms. The Kier molecular flexibility index (Phi) is 25.4. The molecule has 16 atom stereocenters. The van der Waals surface area contributed by atoms with Crippen molar-refractivity contribution in [2.24, 2.45) is 35.5 Å². The van der Waals surface area contributed by atoms with Crippen LogP contribution in [0.15, 0.2) is 71.9 Å². The molecule has 82 heavy (non-hydrogen) atoms. The second kappa shape index (κ2) is 30.5. The lowest BCUT2D eigenvalue weighted by molar-refractivity contribution is -0.265. The van der Waals surface area contributed by atoms with Gasteiger partial charge in [-0.15, -0.1) is 0 Å². The van der Waals surface area contributed by atoms with Gasteiger partial charge in [-0.3, -0.25) is 33.6 Å². The number of ether oxygens (including phenoxy) is 6. The standard InChI is InChI=1S/C59H88N2O19P2/c1-35-16-12-11-13-17-36(2)49(75-8)32-44-23-19-41(7)59(69,80-44)55(65)56(66)61-27-15-14-18-46(61)57(67)78-50(33-47(62)37(3)29-40(6)53(64)54(77-10)52(63)39(5)28-35)38(4)30-42-20-26-48(51(31-42)76-9)79-58(68)60-43-21-24-45(25-22-43)81(70,71)34-82(72,73)74/h11-13,16-17,21-22,24-25,29,35,38-42,44,46,48-51,53-54,64,69H,14-15,18-20,23,26-28,30-34H2,1-10H3,(H,60,68)(H,70,71)(H2,72,73,74)/t35-,38-,39-,40?,41-,42+,44+,46+,48-,49+,50+,51-,53-,54+,59-/m1/s1. The van der Waals surface area contributed by atoms with Gasteiger partial charge in [-0.05, 0) is 131 Å². The van der Waals surface area contributed by atoms with E-state index in [9.17, 15) is 62.8 Å². The number of ketones is 3. The second-order valence-corrected chi connectivity index (χ2v) is 27.5. The topological polar surface area (TPSA) is 308 Å². The van der Waals surface area contributed by atoms with Crippen LogP contribution in [0.2, 0.25) is 0 Å². The maximum absolute atomic E-state index is 14.6. The smallest absolute Gasteiger partial charge is 0.411 e. The molecule has 1 saturated carbocycles. The van der Waals surface area contributed by atoms with E-state index in [2.05, 4.69) is 5.32 Å². The number of benzene rings is 1. The van der Waals surface area contributed by atoms with Crippen LogP contribution >= 0.6 is 15.0 Å². The number of fused-ring (bicyclic) bond motifs is 3. The molecule has 458 valence electrons. The van der Waals surface area contributed by atoms with Gasteiger partial charge in [0, 0.05) is 69.5 Å². The third-order valence-corrected chi connectivity index (χ3v) is 20.7. The van der Waals surface area contributed by atoms with Crippen molar-refractivity contribution in [3.05, 3.63) is 71.9 Å². The number of Topliss-reactive ketones (excluding diaryl/α,β-unsaturated/α-hetero) is 3. The summed E-state index contributed by atoms with van der Waals surface area (Å²) >= 11 is 0. The molecule has 0 spiro atoms. The average molecular weight is 1190 g/mol. The van der Waals surface area contributed by atoms with E-state index in [4.69, 9.17) is 28.4 Å². The predicted molar refractivity (Wildman–Crippen MR) is 306 cm³/mol. The first-order valence-corrected chi connectivity index (χ1v) is 32.1. The van der Waals surface area contributed by atoms with Crippen molar-refractivity contribution in [1.82, 2.24) is 4.90 Å². The minimum atomic E-state index is -4.80. The molecule has 23 heteroatoms. The van der Waals surface area contributed by atoms with E-state index >= 15 is 0 Å². The Morgan fingerprint density at radius 1 is 0.854 bits per heavy atom. The zero-order valence-electron chi connectivity index (χ0n) is 49.0. The number of allylic oxidation sites excluding steroid dienone is 6. The van der Waals surface area contributed by atoms with Gasteiger partial charge in [-0.1, -0.05) is 71.1 Å². The molecule has 2 unspecified atom stereocenters. The molecule has 4 aliphatic rings. The quantitative estimate of drug-likeness (QED) is 0.0711. The summed E-state index contributed by atoms with van der Waals surface area (Å²) < 4.78 is 59.5. The summed E-state index contributed by atoms with van der Waals surface area (Å²) in [4.78, 5) is 115. The van der Waals surface area contributed by atoms with Crippen molar-refractivity contribution in [1.29, 1.82) is 0 Å². The van der Waals surface area contributed by atoms with Gasteiger partial charge in [-0.2, -0.15) is 0 Å². The number of anilines is 1. The molecule has 2 amide bonds. The highest BCUT2D eigenvalue weighted by atomic mass is 31.2. The highest BCUT2D eigenvalue weighted by Gasteiger charge is 2.53. The van der Waals surface area contributed by atoms with E-state index in [0.717, 1.165) is 10.5 Å². The van der Waals surface area contributed by atoms with Crippen molar-refractivity contribution in [2.75, 3.05) is 39.1 Å². The Bertz CT molecular complexity index is 2620. The highest BCUT2D eigenvalue weighted by Crippen LogP contribution is 2.54. The molecule has 3 heterocycles. The van der Waals surface area contributed by atoms with Crippen LogP contribution in [0.25, 0.3) is 0 Å². The molecule has 0 aromatic heterocycles. The van der Waals surface area contributed by atoms with E-state index in [0.29, 0.717) is 57.8 Å². The summed E-state index contributed by atoms with van der Waals surface area (Å²) in [5, 5.41) is 26.0. The maximum Gasteiger partial charge on any atom is 0.411 e. The fourth-order valence-corrected chi connectivity index (χ4v) is 14.9. The zero-order chi connectivity index (χ0) is 60.9. The van der Waals surface area contributed by atoms with Crippen LogP contribution in [-0.2, 0) is 61.5 Å². The van der Waals surface area contributed by atoms with Crippen molar-refractivity contribution >= 4 is 61.3 Å². The summed E-state index contributed by atoms with van der Waals surface area (Å²) in [5.41, 5.74) is 1.27. The van der Waals surface area contributed by atoms with Crippen molar-refractivity contribution < 1.29 is 91.2 Å². The number of carbonyl (C=O) groups excluding carboxylic acids is 6. The molecular formula is C59H88N2O19P2. The van der Waals surface area contributed by atoms with Crippen LogP contribution in [0.5, 0.6) is 0 Å². The summed E-state index contributed by atoms with van der Waals surface area (Å²) in [7, 11) is -4.81. The number of aliphatic hydroxyl groups is 2. The second-order valence-electron chi connectivity index (χ2n) is 23.2. The molecule has 0 radical (unpaired) electrons. The lowest BCUT2D eigenvalue weighted by Gasteiger charge is -2.42. The number of nitrogens with one attached hydrogen (secondary N) is 1. The molecule has 1 aromatic carbocycles. The van der Waals surface area contributed by atoms with Gasteiger partial charge in [0.15, 0.2) is 11.6 Å². The Labute approximate surface area is 482 Å². The molecule has 5 rings (SSSR count). The molecule has 3 aliphatic heterocycles. The summed E-state index contributed by atoms with van der Waals surface area (Å²) in [6, 6.07) is 3.73. The van der Waals surface area contributed by atoms with E-state index in [-0.39, 0.29) is 60.0 Å². The number of amides is 2. The van der Waals surface area contributed by atoms with Crippen LogP contribution in [0.3, 0.4) is 0 Å². The third kappa shape index (κ3) is 18.7. The number of piperidine rings is 1. The largest absolute Gasteiger partial charge is 0.460 e. The fraction of sp³-hybridized carbons (Fsp3) is 0.661. The summed E-state index contributed by atoms with van der Waals surface area (Å²) in [6.07, 6.45) is 8.24. The molecular weight excluding hydrogens is 1100 g/mol. The number of cyclic esters (lactones) is 1. The number of esters is 1. The van der Waals surface area contributed by atoms with Crippen LogP contribution in [0, 0.1) is 35.5 Å². The minimum absolute atomic E-state index is 0.0171.